The number of carbonyl (C=O) groups is 2. The highest BCUT2D eigenvalue weighted by molar-refractivity contribution is 8.26. The van der Waals surface area contributed by atoms with Crippen LogP contribution in [0, 0.1) is 0 Å². The van der Waals surface area contributed by atoms with Gasteiger partial charge in [0.15, 0.2) is 0 Å². The van der Waals surface area contributed by atoms with Gasteiger partial charge in [-0.15, -0.1) is 4.98 Å². The molecule has 0 radical (unpaired) electrons. The van der Waals surface area contributed by atoms with Gasteiger partial charge < -0.3 is 14.6 Å². The molecule has 1 aromatic carbocycles. The molecule has 9 nitrogen and oxygen atoms in total. The van der Waals surface area contributed by atoms with Gasteiger partial charge in [-0.25, -0.2) is 0 Å². The average molecular weight is 515 g/mol. The summed E-state index contributed by atoms with van der Waals surface area (Å²) in [5, 5.41) is 8.82. The number of aromatic nitrogens is 3. The second kappa shape index (κ2) is 11.6. The van der Waals surface area contributed by atoms with E-state index in [9.17, 15) is 9.59 Å². The third-order valence-electron chi connectivity index (χ3n) is 5.78. The van der Waals surface area contributed by atoms with Gasteiger partial charge in [-0.3, -0.25) is 14.5 Å². The Morgan fingerprint density at radius 1 is 1.23 bits per heavy atom. The monoisotopic (exact) mass is 514 g/mol. The molecule has 2 heterocycles. The molecule has 1 aromatic heterocycles. The van der Waals surface area contributed by atoms with Crippen LogP contribution in [0.15, 0.2) is 29.2 Å². The van der Waals surface area contributed by atoms with Crippen molar-refractivity contribution in [1.82, 2.24) is 19.9 Å². The van der Waals surface area contributed by atoms with Crippen molar-refractivity contribution in [2.24, 2.45) is 0 Å². The van der Waals surface area contributed by atoms with Crippen LogP contribution in [0.3, 0.4) is 0 Å². The molecule has 2 fully saturated rings. The van der Waals surface area contributed by atoms with Gasteiger partial charge in [0.05, 0.1) is 12.0 Å². The number of thioether (sulfide) groups is 1. The summed E-state index contributed by atoms with van der Waals surface area (Å²) in [6.45, 7) is 0.280. The normalized spacial score (nSPS) is 17.7. The molecule has 0 unspecified atom stereocenters. The highest BCUT2D eigenvalue weighted by Gasteiger charge is 2.31. The maximum Gasteiger partial charge on any atom is 0.328 e. The molecule has 184 valence electrons. The lowest BCUT2D eigenvalue weighted by molar-refractivity contribution is -0.137. The van der Waals surface area contributed by atoms with Crippen molar-refractivity contribution in [2.75, 3.05) is 13.7 Å². The van der Waals surface area contributed by atoms with Crippen LogP contribution in [-0.4, -0.2) is 54.8 Å². The van der Waals surface area contributed by atoms with Gasteiger partial charge in [0.25, 0.3) is 5.91 Å². The number of benzene rings is 1. The summed E-state index contributed by atoms with van der Waals surface area (Å²) in [5.41, 5.74) is 0.752. The third kappa shape index (κ3) is 6.55. The largest absolute Gasteiger partial charge is 0.481 e. The maximum atomic E-state index is 12.8. The van der Waals surface area contributed by atoms with Gasteiger partial charge in [0.2, 0.25) is 0 Å². The first kappa shape index (κ1) is 25.1. The molecule has 1 aliphatic carbocycles. The van der Waals surface area contributed by atoms with Crippen molar-refractivity contribution in [1.29, 1.82) is 0 Å². The molecule has 0 bridgehead atoms. The Labute approximate surface area is 213 Å². The first-order chi connectivity index (χ1) is 16.9. The summed E-state index contributed by atoms with van der Waals surface area (Å²) in [6.07, 6.45) is 7.69. The zero-order valence-electron chi connectivity index (χ0n) is 19.3. The molecule has 1 saturated heterocycles. The zero-order chi connectivity index (χ0) is 24.8. The number of nitrogens with zero attached hydrogens (tertiary/aromatic N) is 4. The fraction of sp³-hybridized carbons (Fsp3) is 0.417. The topological polar surface area (TPSA) is 115 Å². The van der Waals surface area contributed by atoms with E-state index in [-0.39, 0.29) is 36.8 Å². The van der Waals surface area contributed by atoms with E-state index in [4.69, 9.17) is 26.8 Å². The van der Waals surface area contributed by atoms with Crippen LogP contribution in [-0.2, 0) is 9.59 Å². The first-order valence-electron chi connectivity index (χ1n) is 11.5. The molecule has 1 aliphatic heterocycles. The lowest BCUT2D eigenvalue weighted by Gasteiger charge is -2.20. The van der Waals surface area contributed by atoms with E-state index in [1.807, 2.05) is 12.1 Å². The van der Waals surface area contributed by atoms with Crippen molar-refractivity contribution in [2.45, 2.75) is 50.9 Å². The third-order valence-corrected chi connectivity index (χ3v) is 7.15. The molecule has 4 rings (SSSR count). The molecule has 0 spiro atoms. The number of carboxylic acid groups (broad SMARTS) is 1. The summed E-state index contributed by atoms with van der Waals surface area (Å²) >= 11 is 6.51. The van der Waals surface area contributed by atoms with Crippen LogP contribution < -0.4 is 9.47 Å². The first-order valence-corrected chi connectivity index (χ1v) is 12.7. The van der Waals surface area contributed by atoms with Crippen molar-refractivity contribution >= 4 is 46.3 Å². The number of methoxy groups -OCH3 is 1. The van der Waals surface area contributed by atoms with Gasteiger partial charge in [0.1, 0.15) is 15.9 Å². The summed E-state index contributed by atoms with van der Waals surface area (Å²) in [5.74, 6) is 0.347. The lowest BCUT2D eigenvalue weighted by Crippen LogP contribution is -2.29. The fourth-order valence-electron chi connectivity index (χ4n) is 4.04. The molecule has 1 saturated carbocycles. The standard InChI is InChI=1S/C24H26N4O5S2/c1-32-22-25-20(16-8-3-2-4-9-16)26-23(27-22)33-17-10-5-7-15(13-17)14-18-21(31)28(24(34)35-18)12-6-11-19(29)30/h5,7,10,13-14,16H,2-4,6,8-9,11-12H2,1H3,(H,29,30)/b18-14-. The Morgan fingerprint density at radius 3 is 2.74 bits per heavy atom. The molecule has 2 aromatic rings. The average Bonchev–Trinajstić information content (AvgIpc) is 3.11. The predicted octanol–water partition coefficient (Wildman–Crippen LogP) is 4.79. The van der Waals surface area contributed by atoms with E-state index in [1.54, 1.807) is 18.2 Å². The van der Waals surface area contributed by atoms with Gasteiger partial charge in [-0.05, 0) is 43.0 Å². The molecule has 1 amide bonds. The van der Waals surface area contributed by atoms with Crippen LogP contribution in [0.25, 0.3) is 6.08 Å². The molecule has 11 heteroatoms. The molecular weight excluding hydrogens is 488 g/mol. The van der Waals surface area contributed by atoms with E-state index in [0.717, 1.165) is 31.2 Å². The smallest absolute Gasteiger partial charge is 0.328 e. The van der Waals surface area contributed by atoms with Crippen molar-refractivity contribution < 1.29 is 24.2 Å². The fourth-order valence-corrected chi connectivity index (χ4v) is 5.35. The minimum absolute atomic E-state index is 0.0141. The summed E-state index contributed by atoms with van der Waals surface area (Å²) in [7, 11) is 1.52. The Kier molecular flexibility index (Phi) is 8.29. The molecule has 0 atom stereocenters. The lowest BCUT2D eigenvalue weighted by atomic mass is 9.89. The molecule has 35 heavy (non-hydrogen) atoms. The van der Waals surface area contributed by atoms with Crippen LogP contribution in [0.5, 0.6) is 17.8 Å². The minimum Gasteiger partial charge on any atom is -0.481 e. The summed E-state index contributed by atoms with van der Waals surface area (Å²) < 4.78 is 11.6. The van der Waals surface area contributed by atoms with Crippen LogP contribution in [0.2, 0.25) is 0 Å². The highest BCUT2D eigenvalue weighted by Crippen LogP contribution is 2.34. The van der Waals surface area contributed by atoms with Crippen molar-refractivity contribution in [3.8, 4) is 17.8 Å². The Morgan fingerprint density at radius 2 is 2.00 bits per heavy atom. The molecular formula is C24H26N4O5S2. The van der Waals surface area contributed by atoms with Crippen molar-refractivity contribution in [3.05, 3.63) is 40.6 Å². The number of carboxylic acids is 1. The number of hydrogen-bond donors (Lipinski definition) is 1. The Balaban J connectivity index is 1.49. The van der Waals surface area contributed by atoms with Gasteiger partial charge in [-0.2, -0.15) is 9.97 Å². The van der Waals surface area contributed by atoms with E-state index in [1.165, 1.54) is 30.2 Å². The molecule has 2 aliphatic rings. The second-order valence-corrected chi connectivity index (χ2v) is 9.98. The summed E-state index contributed by atoms with van der Waals surface area (Å²) in [6, 6.07) is 7.62. The molecule has 1 N–H and O–H groups in total. The van der Waals surface area contributed by atoms with Gasteiger partial charge >= 0.3 is 18.0 Å². The quantitative estimate of drug-likeness (QED) is 0.370. The van der Waals surface area contributed by atoms with Crippen LogP contribution in [0.4, 0.5) is 0 Å². The number of hydrogen-bond acceptors (Lipinski definition) is 9. The number of ether oxygens (including phenoxy) is 2. The van der Waals surface area contributed by atoms with Crippen LogP contribution >= 0.6 is 24.0 Å². The number of carbonyl (C=O) groups excluding carboxylic acids is 1. The summed E-state index contributed by atoms with van der Waals surface area (Å²) in [4.78, 5) is 38.7. The number of rotatable bonds is 9. The van der Waals surface area contributed by atoms with E-state index < -0.39 is 5.97 Å². The van der Waals surface area contributed by atoms with Gasteiger partial charge in [-0.1, -0.05) is 55.4 Å². The van der Waals surface area contributed by atoms with Crippen molar-refractivity contribution in [3.63, 3.8) is 0 Å². The Hall–Kier alpha value is -3.05. The second-order valence-electron chi connectivity index (χ2n) is 8.30. The minimum atomic E-state index is -0.899. The zero-order valence-corrected chi connectivity index (χ0v) is 20.9. The predicted molar refractivity (Wildman–Crippen MR) is 135 cm³/mol. The van der Waals surface area contributed by atoms with Gasteiger partial charge in [0, 0.05) is 18.9 Å². The number of thiocarbonyl (C=S) groups is 1. The van der Waals surface area contributed by atoms with Crippen LogP contribution in [0.1, 0.15) is 62.3 Å². The van der Waals surface area contributed by atoms with E-state index >= 15 is 0 Å². The van der Waals surface area contributed by atoms with E-state index in [0.29, 0.717) is 27.2 Å². The van der Waals surface area contributed by atoms with E-state index in [2.05, 4.69) is 15.0 Å². The highest BCUT2D eigenvalue weighted by atomic mass is 32.2. The maximum absolute atomic E-state index is 12.8. The number of aliphatic carboxylic acids is 1. The number of amides is 1. The SMILES string of the molecule is COc1nc(Oc2cccc(/C=C3\SC(=S)N(CCCC(=O)O)C3=O)c2)nc(C2CCCCC2)n1. The Bertz CT molecular complexity index is 1150.